The van der Waals surface area contributed by atoms with E-state index < -0.39 is 23.9 Å². The SMILES string of the molecule is CCOP1(=O)N=C(c2c(O)c(-c3ccsc3)nn(CC3CCC3)c2=O)Nc2ccc(NS(C)(O)O)cc21. The predicted octanol–water partition coefficient (Wildman–Crippen LogP) is 4.91. The van der Waals surface area contributed by atoms with Crippen molar-refractivity contribution in [3.05, 3.63) is 50.9 Å². The first-order valence-corrected chi connectivity index (χ1v) is 16.2. The summed E-state index contributed by atoms with van der Waals surface area (Å²) in [5, 5.41) is 22.6. The third-order valence-electron chi connectivity index (χ3n) is 6.22. The third-order valence-corrected chi connectivity index (χ3v) is 9.58. The zero-order valence-corrected chi connectivity index (χ0v) is 22.8. The molecule has 2 aliphatic rings. The van der Waals surface area contributed by atoms with E-state index in [0.717, 1.165) is 19.3 Å². The van der Waals surface area contributed by atoms with E-state index in [2.05, 4.69) is 19.9 Å². The van der Waals surface area contributed by atoms with Crippen LogP contribution in [0.25, 0.3) is 11.3 Å². The molecule has 2 aromatic heterocycles. The highest BCUT2D eigenvalue weighted by Gasteiger charge is 2.36. The van der Waals surface area contributed by atoms with Gasteiger partial charge in [-0.05, 0) is 55.3 Å². The fourth-order valence-electron chi connectivity index (χ4n) is 4.29. The Morgan fingerprint density at radius 2 is 2.11 bits per heavy atom. The molecule has 5 N–H and O–H groups in total. The highest BCUT2D eigenvalue weighted by Crippen LogP contribution is 2.53. The Hall–Kier alpha value is -2.67. The Morgan fingerprint density at radius 3 is 2.73 bits per heavy atom. The Labute approximate surface area is 219 Å². The molecule has 1 unspecified atom stereocenters. The van der Waals surface area contributed by atoms with Crippen LogP contribution in [0.5, 0.6) is 5.75 Å². The molecular formula is C23H28N5O6PS2. The van der Waals surface area contributed by atoms with Crippen LogP contribution in [0.2, 0.25) is 0 Å². The van der Waals surface area contributed by atoms with Crippen molar-refractivity contribution in [2.45, 2.75) is 32.7 Å². The lowest BCUT2D eigenvalue weighted by Gasteiger charge is -2.30. The number of aromatic hydroxyl groups is 1. The van der Waals surface area contributed by atoms with Crippen molar-refractivity contribution >= 4 is 52.1 Å². The minimum Gasteiger partial charge on any atom is -0.505 e. The lowest BCUT2D eigenvalue weighted by Crippen LogP contribution is -2.36. The lowest BCUT2D eigenvalue weighted by atomic mass is 9.85. The molecule has 5 rings (SSSR count). The first kappa shape index (κ1) is 26.0. The first-order chi connectivity index (χ1) is 17.6. The fraction of sp³-hybridized carbons (Fsp3) is 0.348. The minimum absolute atomic E-state index is 0.0719. The van der Waals surface area contributed by atoms with Gasteiger partial charge >= 0.3 is 7.52 Å². The van der Waals surface area contributed by atoms with E-state index in [-0.39, 0.29) is 34.8 Å². The second-order valence-corrected chi connectivity index (χ2v) is 13.7. The number of thiophene rings is 1. The molecule has 0 bridgehead atoms. The van der Waals surface area contributed by atoms with Crippen molar-refractivity contribution in [1.82, 2.24) is 9.78 Å². The number of fused-ring (bicyclic) bond motifs is 1. The zero-order chi connectivity index (χ0) is 26.4. The van der Waals surface area contributed by atoms with E-state index in [4.69, 9.17) is 4.52 Å². The van der Waals surface area contributed by atoms with Gasteiger partial charge in [-0.15, -0.1) is 10.8 Å². The van der Waals surface area contributed by atoms with Gasteiger partial charge in [0.25, 0.3) is 5.56 Å². The molecule has 0 radical (unpaired) electrons. The van der Waals surface area contributed by atoms with Gasteiger partial charge in [0.2, 0.25) is 0 Å². The van der Waals surface area contributed by atoms with Gasteiger partial charge in [-0.3, -0.25) is 23.2 Å². The quantitative estimate of drug-likeness (QED) is 0.239. The fourth-order valence-corrected chi connectivity index (χ4v) is 7.31. The molecule has 14 heteroatoms. The number of hydrogen-bond acceptors (Lipinski definition) is 10. The summed E-state index contributed by atoms with van der Waals surface area (Å²) in [5.41, 5.74) is 0.897. The topological polar surface area (TPSA) is 158 Å². The highest BCUT2D eigenvalue weighted by atomic mass is 32.3. The molecule has 1 saturated carbocycles. The summed E-state index contributed by atoms with van der Waals surface area (Å²) < 4.78 is 47.5. The van der Waals surface area contributed by atoms with Crippen molar-refractivity contribution in [2.75, 3.05) is 22.9 Å². The number of nitrogens with one attached hydrogen (secondary N) is 2. The van der Waals surface area contributed by atoms with Crippen molar-refractivity contribution < 1.29 is 23.3 Å². The van der Waals surface area contributed by atoms with Gasteiger partial charge in [-0.25, -0.2) is 4.68 Å². The Morgan fingerprint density at radius 1 is 1.32 bits per heavy atom. The summed E-state index contributed by atoms with van der Waals surface area (Å²) >= 11 is 1.44. The molecule has 1 aliphatic heterocycles. The number of aromatic nitrogens is 2. The zero-order valence-electron chi connectivity index (χ0n) is 20.2. The standard InChI is InChI=1S/C23H28N5O6PS2/c1-3-34-35(31)18-11-16(27-37(2,32)33)7-8-17(18)24-22(26-35)19-21(29)20(15-9-10-36-13-15)25-28(23(19)30)12-14-5-4-6-14/h7-11,13-14,27,29,32-33H,3-6,12H2,1-2H3,(H,24,26,31). The maximum Gasteiger partial charge on any atom is 0.348 e. The van der Waals surface area contributed by atoms with Crippen molar-refractivity contribution in [1.29, 1.82) is 0 Å². The van der Waals surface area contributed by atoms with Gasteiger partial charge < -0.3 is 14.9 Å². The number of rotatable bonds is 8. The summed E-state index contributed by atoms with van der Waals surface area (Å²) in [7, 11) is -6.99. The van der Waals surface area contributed by atoms with Crippen LogP contribution in [0, 0.1) is 5.92 Å². The minimum atomic E-state index is -3.92. The van der Waals surface area contributed by atoms with Gasteiger partial charge in [-0.2, -0.15) is 21.2 Å². The molecule has 1 fully saturated rings. The number of anilines is 2. The van der Waals surface area contributed by atoms with E-state index in [1.54, 1.807) is 25.1 Å². The van der Waals surface area contributed by atoms with E-state index in [9.17, 15) is 23.6 Å². The van der Waals surface area contributed by atoms with Crippen LogP contribution in [0.3, 0.4) is 0 Å². The third kappa shape index (κ3) is 5.20. The van der Waals surface area contributed by atoms with Gasteiger partial charge in [-0.1, -0.05) is 6.42 Å². The normalized spacial score (nSPS) is 19.9. The first-order valence-electron chi connectivity index (χ1n) is 11.7. The Kier molecular flexibility index (Phi) is 6.94. The van der Waals surface area contributed by atoms with Crippen LogP contribution >= 0.6 is 29.6 Å². The molecule has 0 spiro atoms. The molecule has 0 saturated heterocycles. The smallest absolute Gasteiger partial charge is 0.348 e. The van der Waals surface area contributed by atoms with E-state index in [1.165, 1.54) is 28.3 Å². The van der Waals surface area contributed by atoms with Gasteiger partial charge in [0.1, 0.15) is 11.3 Å². The highest BCUT2D eigenvalue weighted by molar-refractivity contribution is 8.24. The van der Waals surface area contributed by atoms with Crippen LogP contribution in [-0.2, 0) is 15.6 Å². The average Bonchev–Trinajstić information content (AvgIpc) is 3.32. The predicted molar refractivity (Wildman–Crippen MR) is 149 cm³/mol. The molecule has 3 aromatic rings. The van der Waals surface area contributed by atoms with Crippen LogP contribution in [0.15, 0.2) is 44.6 Å². The molecule has 3 heterocycles. The van der Waals surface area contributed by atoms with Crippen LogP contribution in [0.1, 0.15) is 31.7 Å². The molecule has 1 aromatic carbocycles. The van der Waals surface area contributed by atoms with Gasteiger partial charge in [0, 0.05) is 23.7 Å². The average molecular weight is 566 g/mol. The number of amidine groups is 1. The summed E-state index contributed by atoms with van der Waals surface area (Å²) in [6.07, 6.45) is 4.34. The number of benzene rings is 1. The van der Waals surface area contributed by atoms with Crippen molar-refractivity contribution in [3.63, 3.8) is 0 Å². The summed E-state index contributed by atoms with van der Waals surface area (Å²) in [5.74, 6) is -0.107. The molecule has 1 atom stereocenters. The maximum absolute atomic E-state index is 14.0. The molecule has 1 aliphatic carbocycles. The summed E-state index contributed by atoms with van der Waals surface area (Å²) in [6, 6.07) is 6.42. The van der Waals surface area contributed by atoms with E-state index in [0.29, 0.717) is 29.4 Å². The second-order valence-electron chi connectivity index (χ2n) is 9.05. The van der Waals surface area contributed by atoms with Crippen LogP contribution in [0.4, 0.5) is 11.4 Å². The number of nitrogens with zero attached hydrogens (tertiary/aromatic N) is 3. The van der Waals surface area contributed by atoms with Gasteiger partial charge in [0.15, 0.2) is 11.6 Å². The molecule has 37 heavy (non-hydrogen) atoms. The molecule has 198 valence electrons. The maximum atomic E-state index is 14.0. The molecule has 11 nitrogen and oxygen atoms in total. The van der Waals surface area contributed by atoms with Crippen LogP contribution in [-0.4, -0.2) is 42.7 Å². The van der Waals surface area contributed by atoms with Crippen LogP contribution < -0.4 is 20.9 Å². The van der Waals surface area contributed by atoms with Gasteiger partial charge in [0.05, 0.1) is 23.3 Å². The largest absolute Gasteiger partial charge is 0.505 e. The monoisotopic (exact) mass is 565 g/mol. The van der Waals surface area contributed by atoms with E-state index in [1.807, 2.05) is 10.8 Å². The Bertz CT molecular complexity index is 1460. The lowest BCUT2D eigenvalue weighted by molar-refractivity contribution is 0.261. The summed E-state index contributed by atoms with van der Waals surface area (Å²) in [6.45, 7) is 2.16. The second kappa shape index (κ2) is 9.90. The summed E-state index contributed by atoms with van der Waals surface area (Å²) in [4.78, 5) is 13.6. The number of hydrogen-bond donors (Lipinski definition) is 5. The molecular weight excluding hydrogens is 537 g/mol. The molecule has 0 amide bonds. The van der Waals surface area contributed by atoms with E-state index >= 15 is 0 Å². The Balaban J connectivity index is 1.66. The van der Waals surface area contributed by atoms with Crippen molar-refractivity contribution in [3.8, 4) is 17.0 Å². The van der Waals surface area contributed by atoms with Crippen molar-refractivity contribution in [2.24, 2.45) is 10.7 Å².